The van der Waals surface area contributed by atoms with Crippen molar-refractivity contribution in [3.05, 3.63) is 76.6 Å². The molecule has 0 bridgehead atoms. The van der Waals surface area contributed by atoms with Crippen LogP contribution >= 0.6 is 0 Å². The van der Waals surface area contributed by atoms with Gasteiger partial charge in [-0.2, -0.15) is 0 Å². The lowest BCUT2D eigenvalue weighted by molar-refractivity contribution is -0.384. The number of nitro groups is 1. The normalized spacial score (nSPS) is 10.2. The molecule has 1 amide bonds. The Kier molecular flexibility index (Phi) is 4.29. The van der Waals surface area contributed by atoms with E-state index in [2.05, 4.69) is 5.32 Å². The Labute approximate surface area is 140 Å². The van der Waals surface area contributed by atoms with Crippen molar-refractivity contribution in [2.24, 2.45) is 0 Å². The van der Waals surface area contributed by atoms with Crippen LogP contribution in [0.25, 0.3) is 0 Å². The summed E-state index contributed by atoms with van der Waals surface area (Å²) in [5, 5.41) is 13.4. The number of carbonyl (C=O) groups excluding carboxylic acids is 2. The highest BCUT2D eigenvalue weighted by atomic mass is 16.6. The van der Waals surface area contributed by atoms with Gasteiger partial charge >= 0.3 is 5.97 Å². The number of nitrogens with zero attached hydrogens (tertiary/aromatic N) is 1. The van der Waals surface area contributed by atoms with Gasteiger partial charge in [-0.15, -0.1) is 0 Å². The van der Waals surface area contributed by atoms with E-state index in [1.54, 1.807) is 0 Å². The maximum Gasteiger partial charge on any atom is 0.379 e. The van der Waals surface area contributed by atoms with Crippen LogP contribution in [-0.2, 0) is 0 Å². The molecule has 0 radical (unpaired) electrons. The number of non-ortho nitro benzene ring substituents is 1. The molecule has 0 fully saturated rings. The number of esters is 1. The molecule has 1 N–H and O–H groups in total. The molecule has 0 saturated carbocycles. The molecule has 2 aromatic heterocycles. The number of ether oxygens (including phenoxy) is 1. The van der Waals surface area contributed by atoms with E-state index in [-0.39, 0.29) is 28.6 Å². The zero-order chi connectivity index (χ0) is 17.8. The summed E-state index contributed by atoms with van der Waals surface area (Å²) in [7, 11) is 0. The standard InChI is InChI=1S/C16H10N2O7/c19-15(13-3-1-7-23-13)17-11-9-10(18(21)22)5-6-12(11)25-16(20)14-4-2-8-24-14/h1-9H,(H,17,19). The van der Waals surface area contributed by atoms with Crippen LogP contribution in [0.5, 0.6) is 5.75 Å². The largest absolute Gasteiger partial charge is 0.459 e. The van der Waals surface area contributed by atoms with E-state index in [4.69, 9.17) is 13.6 Å². The maximum absolute atomic E-state index is 12.1. The second-order valence-corrected chi connectivity index (χ2v) is 4.74. The minimum atomic E-state index is -0.813. The maximum atomic E-state index is 12.1. The number of hydrogen-bond donors (Lipinski definition) is 1. The highest BCUT2D eigenvalue weighted by Crippen LogP contribution is 2.30. The fraction of sp³-hybridized carbons (Fsp3) is 0. The first-order valence-electron chi connectivity index (χ1n) is 6.93. The summed E-state index contributed by atoms with van der Waals surface area (Å²) in [6.07, 6.45) is 2.60. The van der Waals surface area contributed by atoms with E-state index in [0.29, 0.717) is 0 Å². The second kappa shape index (κ2) is 6.71. The van der Waals surface area contributed by atoms with Gasteiger partial charge < -0.3 is 18.9 Å². The molecule has 0 aliphatic heterocycles. The van der Waals surface area contributed by atoms with E-state index in [9.17, 15) is 19.7 Å². The third-order valence-electron chi connectivity index (χ3n) is 3.09. The molecule has 0 spiro atoms. The fourth-order valence-corrected chi connectivity index (χ4v) is 1.95. The Morgan fingerprint density at radius 2 is 1.72 bits per heavy atom. The van der Waals surface area contributed by atoms with Crippen LogP contribution in [0.15, 0.2) is 63.8 Å². The van der Waals surface area contributed by atoms with Gasteiger partial charge in [0, 0.05) is 12.1 Å². The number of amides is 1. The number of anilines is 1. The summed E-state index contributed by atoms with van der Waals surface area (Å²) in [6.45, 7) is 0. The van der Waals surface area contributed by atoms with E-state index in [1.165, 1.54) is 42.9 Å². The zero-order valence-corrected chi connectivity index (χ0v) is 12.5. The molecule has 1 aromatic carbocycles. The molecule has 2 heterocycles. The van der Waals surface area contributed by atoms with Gasteiger partial charge in [0.15, 0.2) is 11.5 Å². The van der Waals surface area contributed by atoms with Crippen molar-refractivity contribution in [2.45, 2.75) is 0 Å². The topological polar surface area (TPSA) is 125 Å². The first-order valence-corrected chi connectivity index (χ1v) is 6.93. The van der Waals surface area contributed by atoms with Crippen molar-refractivity contribution in [1.29, 1.82) is 0 Å². The number of carbonyl (C=O) groups is 2. The van der Waals surface area contributed by atoms with Gasteiger partial charge in [-0.1, -0.05) is 0 Å². The van der Waals surface area contributed by atoms with Crippen LogP contribution in [0.4, 0.5) is 11.4 Å². The van der Waals surface area contributed by atoms with Crippen molar-refractivity contribution >= 4 is 23.3 Å². The minimum absolute atomic E-state index is 0.00480. The van der Waals surface area contributed by atoms with Gasteiger partial charge in [0.05, 0.1) is 23.1 Å². The molecule has 9 heteroatoms. The Hall–Kier alpha value is -3.88. The van der Waals surface area contributed by atoms with Crippen molar-refractivity contribution in [2.75, 3.05) is 5.32 Å². The molecule has 126 valence electrons. The number of rotatable bonds is 5. The lowest BCUT2D eigenvalue weighted by Crippen LogP contribution is -2.14. The lowest BCUT2D eigenvalue weighted by Gasteiger charge is -2.10. The summed E-state index contributed by atoms with van der Waals surface area (Å²) >= 11 is 0. The molecular weight excluding hydrogens is 332 g/mol. The predicted octanol–water partition coefficient (Wildman–Crippen LogP) is 3.25. The number of nitro benzene ring substituents is 1. The third-order valence-corrected chi connectivity index (χ3v) is 3.09. The van der Waals surface area contributed by atoms with E-state index in [1.807, 2.05) is 0 Å². The molecular formula is C16H10N2O7. The van der Waals surface area contributed by atoms with Gasteiger partial charge in [-0.05, 0) is 30.3 Å². The smallest absolute Gasteiger partial charge is 0.379 e. The summed E-state index contributed by atoms with van der Waals surface area (Å²) in [5.41, 5.74) is -0.344. The average molecular weight is 342 g/mol. The summed E-state index contributed by atoms with van der Waals surface area (Å²) in [4.78, 5) is 34.4. The quantitative estimate of drug-likeness (QED) is 0.326. The monoisotopic (exact) mass is 342 g/mol. The first-order chi connectivity index (χ1) is 12.0. The summed E-state index contributed by atoms with van der Waals surface area (Å²) in [5.74, 6) is -1.60. The summed E-state index contributed by atoms with van der Waals surface area (Å²) in [6, 6.07) is 9.26. The average Bonchev–Trinajstić information content (AvgIpc) is 3.29. The molecule has 25 heavy (non-hydrogen) atoms. The van der Waals surface area contributed by atoms with Crippen LogP contribution < -0.4 is 10.1 Å². The minimum Gasteiger partial charge on any atom is -0.459 e. The van der Waals surface area contributed by atoms with Crippen molar-refractivity contribution < 1.29 is 28.1 Å². The highest BCUT2D eigenvalue weighted by molar-refractivity contribution is 6.03. The molecule has 3 rings (SSSR count). The molecule has 0 unspecified atom stereocenters. The lowest BCUT2D eigenvalue weighted by atomic mass is 10.2. The highest BCUT2D eigenvalue weighted by Gasteiger charge is 2.19. The molecule has 0 aliphatic carbocycles. The van der Waals surface area contributed by atoms with Gasteiger partial charge in [0.25, 0.3) is 11.6 Å². The van der Waals surface area contributed by atoms with E-state index in [0.717, 1.165) is 12.1 Å². The van der Waals surface area contributed by atoms with Crippen LogP contribution in [0, 0.1) is 10.1 Å². The Bertz CT molecular complexity index is 914. The Morgan fingerprint density at radius 1 is 1.04 bits per heavy atom. The van der Waals surface area contributed by atoms with Gasteiger partial charge in [-0.3, -0.25) is 14.9 Å². The molecule has 0 saturated heterocycles. The predicted molar refractivity (Wildman–Crippen MR) is 83.4 cm³/mol. The Morgan fingerprint density at radius 3 is 2.32 bits per heavy atom. The zero-order valence-electron chi connectivity index (χ0n) is 12.5. The van der Waals surface area contributed by atoms with Crippen LogP contribution in [0.2, 0.25) is 0 Å². The molecule has 9 nitrogen and oxygen atoms in total. The molecule has 3 aromatic rings. The van der Waals surface area contributed by atoms with Crippen molar-refractivity contribution in [1.82, 2.24) is 0 Å². The van der Waals surface area contributed by atoms with Gasteiger partial charge in [-0.25, -0.2) is 4.79 Å². The molecule has 0 atom stereocenters. The SMILES string of the molecule is O=C(Nc1cc([N+](=O)[O-])ccc1OC(=O)c1ccco1)c1ccco1. The number of nitrogens with one attached hydrogen (secondary N) is 1. The van der Waals surface area contributed by atoms with Crippen LogP contribution in [0.1, 0.15) is 21.1 Å². The Balaban J connectivity index is 1.89. The van der Waals surface area contributed by atoms with Gasteiger partial charge in [0.1, 0.15) is 0 Å². The van der Waals surface area contributed by atoms with Crippen LogP contribution in [-0.4, -0.2) is 16.8 Å². The summed E-state index contributed by atoms with van der Waals surface area (Å²) < 4.78 is 15.0. The van der Waals surface area contributed by atoms with Crippen molar-refractivity contribution in [3.63, 3.8) is 0 Å². The number of hydrogen-bond acceptors (Lipinski definition) is 7. The number of furan rings is 2. The number of benzene rings is 1. The first kappa shape index (κ1) is 16.0. The van der Waals surface area contributed by atoms with Gasteiger partial charge in [0.2, 0.25) is 5.76 Å². The van der Waals surface area contributed by atoms with Crippen LogP contribution in [0.3, 0.4) is 0 Å². The fourth-order valence-electron chi connectivity index (χ4n) is 1.95. The molecule has 0 aliphatic rings. The van der Waals surface area contributed by atoms with E-state index < -0.39 is 16.8 Å². The van der Waals surface area contributed by atoms with E-state index >= 15 is 0 Å². The van der Waals surface area contributed by atoms with Crippen molar-refractivity contribution in [3.8, 4) is 5.75 Å². The third kappa shape index (κ3) is 3.55. The second-order valence-electron chi connectivity index (χ2n) is 4.74.